The number of ether oxygens (including phenoxy) is 1. The number of hydrogen-bond donors (Lipinski definition) is 1. The molecular weight excluding hydrogens is 395 g/mol. The number of aromatic nitrogens is 1. The molecule has 0 bridgehead atoms. The molecule has 3 rings (SSSR count). The molecule has 0 atom stereocenters. The van der Waals surface area contributed by atoms with Crippen molar-refractivity contribution in [3.63, 3.8) is 0 Å². The third kappa shape index (κ3) is 5.15. The van der Waals surface area contributed by atoms with Crippen molar-refractivity contribution in [1.82, 2.24) is 9.88 Å². The molecule has 0 spiro atoms. The fraction of sp³-hybridized carbons (Fsp3) is 0.182. The van der Waals surface area contributed by atoms with E-state index in [1.165, 1.54) is 12.1 Å². The van der Waals surface area contributed by atoms with Crippen molar-refractivity contribution in [1.29, 1.82) is 0 Å². The summed E-state index contributed by atoms with van der Waals surface area (Å²) in [5.74, 6) is 0.190. The van der Waals surface area contributed by atoms with Crippen molar-refractivity contribution in [2.75, 3.05) is 14.1 Å². The van der Waals surface area contributed by atoms with E-state index < -0.39 is 17.6 Å². The molecule has 0 aliphatic heterocycles. The molecule has 0 aliphatic rings. The van der Waals surface area contributed by atoms with E-state index in [1.807, 2.05) is 0 Å². The summed E-state index contributed by atoms with van der Waals surface area (Å²) in [6.07, 6.45) is -4.42. The van der Waals surface area contributed by atoms with Gasteiger partial charge in [0, 0.05) is 17.7 Å². The van der Waals surface area contributed by atoms with Gasteiger partial charge in [-0.3, -0.25) is 4.79 Å². The summed E-state index contributed by atoms with van der Waals surface area (Å²) in [7, 11) is 3.54. The maximum atomic E-state index is 13.1. The third-order valence-corrected chi connectivity index (χ3v) is 4.25. The lowest BCUT2D eigenvalue weighted by molar-refractivity contribution is -0.137. The van der Waals surface area contributed by atoms with Crippen LogP contribution in [0.5, 0.6) is 11.5 Å². The standard InChI is InChI=1S/C22H20F3N3O2/c1-28(2)13-15-12-16(22(23,24)25)8-11-20(15)30-17-9-6-14(7-10-17)18-4-3-5-19(27-18)21(26)29/h3-12H,13H2,1-2H3,(H2,26,29). The molecule has 1 heterocycles. The number of halogens is 3. The lowest BCUT2D eigenvalue weighted by Gasteiger charge is -2.17. The van der Waals surface area contributed by atoms with Crippen LogP contribution in [0, 0.1) is 0 Å². The Hall–Kier alpha value is -3.39. The largest absolute Gasteiger partial charge is 0.457 e. The van der Waals surface area contributed by atoms with Crippen molar-refractivity contribution in [2.45, 2.75) is 12.7 Å². The highest BCUT2D eigenvalue weighted by atomic mass is 19.4. The van der Waals surface area contributed by atoms with Gasteiger partial charge in [0.05, 0.1) is 11.3 Å². The van der Waals surface area contributed by atoms with Gasteiger partial charge in [0.2, 0.25) is 0 Å². The average molecular weight is 415 g/mol. The van der Waals surface area contributed by atoms with Crippen LogP contribution in [0.4, 0.5) is 13.2 Å². The maximum Gasteiger partial charge on any atom is 0.416 e. The van der Waals surface area contributed by atoms with Crippen LogP contribution < -0.4 is 10.5 Å². The first-order chi connectivity index (χ1) is 14.1. The lowest BCUT2D eigenvalue weighted by atomic mass is 10.1. The van der Waals surface area contributed by atoms with E-state index in [9.17, 15) is 18.0 Å². The minimum absolute atomic E-state index is 0.158. The van der Waals surface area contributed by atoms with Gasteiger partial charge in [0.15, 0.2) is 0 Å². The van der Waals surface area contributed by atoms with E-state index in [0.29, 0.717) is 29.3 Å². The summed E-state index contributed by atoms with van der Waals surface area (Å²) in [6, 6.07) is 15.3. The summed E-state index contributed by atoms with van der Waals surface area (Å²) in [6.45, 7) is 0.293. The Morgan fingerprint density at radius 1 is 1.07 bits per heavy atom. The van der Waals surface area contributed by atoms with Crippen molar-refractivity contribution in [3.05, 3.63) is 77.5 Å². The molecule has 0 aliphatic carbocycles. The molecule has 2 N–H and O–H groups in total. The smallest absolute Gasteiger partial charge is 0.416 e. The zero-order chi connectivity index (χ0) is 21.9. The second-order valence-corrected chi connectivity index (χ2v) is 6.96. The van der Waals surface area contributed by atoms with Crippen LogP contribution in [0.25, 0.3) is 11.3 Å². The van der Waals surface area contributed by atoms with Gasteiger partial charge in [-0.05, 0) is 68.7 Å². The number of hydrogen-bond acceptors (Lipinski definition) is 4. The number of benzene rings is 2. The number of primary amides is 1. The Bertz CT molecular complexity index is 1050. The maximum absolute atomic E-state index is 13.1. The summed E-state index contributed by atoms with van der Waals surface area (Å²) in [4.78, 5) is 17.3. The van der Waals surface area contributed by atoms with E-state index in [4.69, 9.17) is 10.5 Å². The number of alkyl halides is 3. The van der Waals surface area contributed by atoms with Crippen molar-refractivity contribution in [3.8, 4) is 22.8 Å². The molecule has 1 amide bonds. The fourth-order valence-electron chi connectivity index (χ4n) is 2.87. The number of carbonyl (C=O) groups excluding carboxylic acids is 1. The van der Waals surface area contributed by atoms with Crippen molar-refractivity contribution >= 4 is 5.91 Å². The quantitative estimate of drug-likeness (QED) is 0.633. The third-order valence-electron chi connectivity index (χ3n) is 4.25. The SMILES string of the molecule is CN(C)Cc1cc(C(F)(F)F)ccc1Oc1ccc(-c2cccc(C(N)=O)n2)cc1. The predicted molar refractivity (Wildman–Crippen MR) is 107 cm³/mol. The first-order valence-corrected chi connectivity index (χ1v) is 9.03. The van der Waals surface area contributed by atoms with Gasteiger partial charge in [0.25, 0.3) is 5.91 Å². The van der Waals surface area contributed by atoms with Gasteiger partial charge in [-0.2, -0.15) is 13.2 Å². The minimum atomic E-state index is -4.42. The molecule has 0 unspecified atom stereocenters. The Morgan fingerprint density at radius 3 is 2.37 bits per heavy atom. The van der Waals surface area contributed by atoms with Crippen LogP contribution in [-0.2, 0) is 12.7 Å². The molecule has 30 heavy (non-hydrogen) atoms. The molecule has 0 saturated heterocycles. The Balaban J connectivity index is 1.86. The van der Waals surface area contributed by atoms with Crippen molar-refractivity contribution < 1.29 is 22.7 Å². The van der Waals surface area contributed by atoms with Crippen LogP contribution in [0.2, 0.25) is 0 Å². The molecule has 2 aromatic carbocycles. The van der Waals surface area contributed by atoms with E-state index in [0.717, 1.165) is 17.7 Å². The van der Waals surface area contributed by atoms with Gasteiger partial charge in [-0.25, -0.2) is 4.98 Å². The number of nitrogens with zero attached hydrogens (tertiary/aromatic N) is 2. The normalized spacial score (nSPS) is 11.5. The van der Waals surface area contributed by atoms with Crippen LogP contribution in [-0.4, -0.2) is 29.9 Å². The molecule has 0 radical (unpaired) electrons. The highest BCUT2D eigenvalue weighted by molar-refractivity contribution is 5.91. The van der Waals surface area contributed by atoms with Gasteiger partial charge in [-0.1, -0.05) is 6.07 Å². The molecule has 1 aromatic heterocycles. The number of pyridine rings is 1. The van der Waals surface area contributed by atoms with Gasteiger partial charge >= 0.3 is 6.18 Å². The summed E-state index contributed by atoms with van der Waals surface area (Å²) < 4.78 is 45.0. The van der Waals surface area contributed by atoms with E-state index in [2.05, 4.69) is 4.98 Å². The fourth-order valence-corrected chi connectivity index (χ4v) is 2.87. The van der Waals surface area contributed by atoms with E-state index in [1.54, 1.807) is 55.4 Å². The molecule has 0 fully saturated rings. The van der Waals surface area contributed by atoms with Crippen molar-refractivity contribution in [2.24, 2.45) is 5.73 Å². The highest BCUT2D eigenvalue weighted by Crippen LogP contribution is 2.35. The molecule has 3 aromatic rings. The second-order valence-electron chi connectivity index (χ2n) is 6.96. The highest BCUT2D eigenvalue weighted by Gasteiger charge is 2.31. The number of amides is 1. The van der Waals surface area contributed by atoms with E-state index >= 15 is 0 Å². The molecule has 8 heteroatoms. The van der Waals surface area contributed by atoms with Crippen LogP contribution in [0.15, 0.2) is 60.7 Å². The predicted octanol–water partition coefficient (Wildman–Crippen LogP) is 4.72. The first-order valence-electron chi connectivity index (χ1n) is 9.03. The number of rotatable bonds is 6. The Morgan fingerprint density at radius 2 is 1.77 bits per heavy atom. The molecule has 5 nitrogen and oxygen atoms in total. The second kappa shape index (κ2) is 8.54. The van der Waals surface area contributed by atoms with Crippen LogP contribution in [0.3, 0.4) is 0 Å². The molecular formula is C22H20F3N3O2. The average Bonchev–Trinajstić information content (AvgIpc) is 2.69. The summed E-state index contributed by atoms with van der Waals surface area (Å²) in [5, 5.41) is 0. The lowest BCUT2D eigenvalue weighted by Crippen LogP contribution is -2.13. The van der Waals surface area contributed by atoms with E-state index in [-0.39, 0.29) is 5.69 Å². The van der Waals surface area contributed by atoms with Gasteiger partial charge in [-0.15, -0.1) is 0 Å². The van der Waals surface area contributed by atoms with Gasteiger partial charge < -0.3 is 15.4 Å². The Labute approximate surface area is 171 Å². The zero-order valence-corrected chi connectivity index (χ0v) is 16.4. The topological polar surface area (TPSA) is 68.5 Å². The number of nitrogens with two attached hydrogens (primary N) is 1. The summed E-state index contributed by atoms with van der Waals surface area (Å²) >= 11 is 0. The van der Waals surface area contributed by atoms with Gasteiger partial charge in [0.1, 0.15) is 17.2 Å². The Kier molecular flexibility index (Phi) is 6.07. The van der Waals surface area contributed by atoms with Crippen LogP contribution in [0.1, 0.15) is 21.6 Å². The zero-order valence-electron chi connectivity index (χ0n) is 16.4. The number of carbonyl (C=O) groups is 1. The molecule has 156 valence electrons. The first kappa shape index (κ1) is 21.3. The summed E-state index contributed by atoms with van der Waals surface area (Å²) in [5.41, 5.74) is 6.44. The minimum Gasteiger partial charge on any atom is -0.457 e. The van der Waals surface area contributed by atoms with Crippen LogP contribution >= 0.6 is 0 Å². The molecule has 0 saturated carbocycles. The monoisotopic (exact) mass is 415 g/mol.